The first-order valence-corrected chi connectivity index (χ1v) is 8.48. The van der Waals surface area contributed by atoms with Gasteiger partial charge in [0.15, 0.2) is 0 Å². The van der Waals surface area contributed by atoms with Gasteiger partial charge in [0, 0.05) is 34.3 Å². The lowest BCUT2D eigenvalue weighted by atomic mass is 10.1. The van der Waals surface area contributed by atoms with Crippen molar-refractivity contribution in [3.8, 4) is 0 Å². The fourth-order valence-electron chi connectivity index (χ4n) is 3.30. The zero-order valence-electron chi connectivity index (χ0n) is 11.5. The molecule has 0 aromatic heterocycles. The van der Waals surface area contributed by atoms with Crippen LogP contribution in [0.25, 0.3) is 0 Å². The van der Waals surface area contributed by atoms with E-state index in [9.17, 15) is 4.79 Å². The van der Waals surface area contributed by atoms with E-state index in [1.165, 1.54) is 12.8 Å². The molecule has 1 aromatic carbocycles. The molecule has 1 amide bonds. The van der Waals surface area contributed by atoms with Crippen molar-refractivity contribution in [1.29, 1.82) is 0 Å². The minimum absolute atomic E-state index is 0.115. The van der Waals surface area contributed by atoms with Gasteiger partial charge in [0.2, 0.25) is 0 Å². The van der Waals surface area contributed by atoms with Crippen LogP contribution in [0.3, 0.4) is 0 Å². The summed E-state index contributed by atoms with van der Waals surface area (Å²) < 4.78 is 0.982. The van der Waals surface area contributed by atoms with E-state index in [0.717, 1.165) is 23.1 Å². The summed E-state index contributed by atoms with van der Waals surface area (Å²) in [5.74, 6) is 0.115. The fraction of sp³-hybridized carbons (Fsp3) is 0.533. The molecule has 2 bridgehead atoms. The molecule has 0 radical (unpaired) electrons. The number of hydrogen-bond acceptors (Lipinski definition) is 2. The summed E-state index contributed by atoms with van der Waals surface area (Å²) in [6.45, 7) is 1.70. The molecule has 1 aromatic rings. The highest BCUT2D eigenvalue weighted by Crippen LogP contribution is 2.29. The average molecular weight is 405 g/mol. The van der Waals surface area contributed by atoms with Crippen LogP contribution in [-0.4, -0.2) is 47.9 Å². The predicted molar refractivity (Wildman–Crippen MR) is 89.3 cm³/mol. The summed E-state index contributed by atoms with van der Waals surface area (Å²) in [5, 5.41) is 0.657. The third kappa shape index (κ3) is 2.70. The topological polar surface area (TPSA) is 23.6 Å². The Hall–Kier alpha value is -0.330. The quantitative estimate of drug-likeness (QED) is 0.671. The number of carbonyl (C=O) groups excluding carboxylic acids is 1. The molecule has 0 aliphatic carbocycles. The Bertz CT molecular complexity index is 537. The molecule has 0 N–H and O–H groups in total. The number of amides is 1. The molecule has 0 spiro atoms. The molecule has 2 saturated heterocycles. The number of benzene rings is 1. The first kappa shape index (κ1) is 14.6. The standard InChI is InChI=1S/C15H18ClIN2O/c1-18-11-3-4-12(18)9-19(7-6-11)15(20)10-2-5-14(17)13(16)8-10/h2,5,8,11-12H,3-4,6-7,9H2,1H3. The molecule has 3 nitrogen and oxygen atoms in total. The lowest BCUT2D eigenvalue weighted by Crippen LogP contribution is -2.39. The Morgan fingerprint density at radius 2 is 2.05 bits per heavy atom. The number of likely N-dealkylation sites (tertiary alicyclic amines) is 1. The van der Waals surface area contributed by atoms with Crippen molar-refractivity contribution in [3.05, 3.63) is 32.4 Å². The highest BCUT2D eigenvalue weighted by atomic mass is 127. The molecular formula is C15H18ClIN2O. The largest absolute Gasteiger partial charge is 0.337 e. The maximum Gasteiger partial charge on any atom is 0.253 e. The van der Waals surface area contributed by atoms with Crippen LogP contribution in [0.2, 0.25) is 5.02 Å². The first-order valence-electron chi connectivity index (χ1n) is 7.02. The minimum Gasteiger partial charge on any atom is -0.337 e. The molecule has 2 aliphatic heterocycles. The molecule has 5 heteroatoms. The van der Waals surface area contributed by atoms with E-state index in [1.807, 2.05) is 17.0 Å². The third-order valence-corrected chi connectivity index (χ3v) is 6.17. The van der Waals surface area contributed by atoms with E-state index in [0.29, 0.717) is 22.7 Å². The maximum absolute atomic E-state index is 12.6. The first-order chi connectivity index (χ1) is 9.56. The molecule has 2 fully saturated rings. The number of hydrogen-bond donors (Lipinski definition) is 0. The van der Waals surface area contributed by atoms with Crippen molar-refractivity contribution in [1.82, 2.24) is 9.80 Å². The second-order valence-electron chi connectivity index (χ2n) is 5.72. The van der Waals surface area contributed by atoms with E-state index in [-0.39, 0.29) is 5.91 Å². The molecular weight excluding hydrogens is 387 g/mol. The van der Waals surface area contributed by atoms with Gasteiger partial charge in [-0.15, -0.1) is 0 Å². The zero-order valence-corrected chi connectivity index (χ0v) is 14.4. The number of carbonyl (C=O) groups is 1. The molecule has 20 heavy (non-hydrogen) atoms. The zero-order chi connectivity index (χ0) is 14.3. The lowest BCUT2D eigenvalue weighted by molar-refractivity contribution is 0.0740. The predicted octanol–water partition coefficient (Wildman–Crippen LogP) is 3.25. The second kappa shape index (κ2) is 5.81. The van der Waals surface area contributed by atoms with E-state index in [4.69, 9.17) is 11.6 Å². The van der Waals surface area contributed by atoms with Gasteiger partial charge in [-0.25, -0.2) is 0 Å². The SMILES string of the molecule is CN1C2CCC1CN(C(=O)c1ccc(I)c(Cl)c1)CC2. The summed E-state index contributed by atoms with van der Waals surface area (Å²) in [4.78, 5) is 17.1. The van der Waals surface area contributed by atoms with Crippen molar-refractivity contribution in [2.24, 2.45) is 0 Å². The van der Waals surface area contributed by atoms with Gasteiger partial charge in [-0.1, -0.05) is 11.6 Å². The highest BCUT2D eigenvalue weighted by molar-refractivity contribution is 14.1. The Kier molecular flexibility index (Phi) is 4.24. The molecule has 2 heterocycles. The molecule has 2 unspecified atom stereocenters. The molecule has 3 rings (SSSR count). The summed E-state index contributed by atoms with van der Waals surface area (Å²) >= 11 is 8.31. The lowest BCUT2D eigenvalue weighted by Gasteiger charge is -2.26. The number of rotatable bonds is 1. The number of nitrogens with zero attached hydrogens (tertiary/aromatic N) is 2. The van der Waals surface area contributed by atoms with E-state index in [2.05, 4.69) is 34.5 Å². The van der Waals surface area contributed by atoms with Gasteiger partial charge in [-0.2, -0.15) is 0 Å². The van der Waals surface area contributed by atoms with Crippen molar-refractivity contribution >= 4 is 40.1 Å². The van der Waals surface area contributed by atoms with Gasteiger partial charge >= 0.3 is 0 Å². The van der Waals surface area contributed by atoms with Crippen LogP contribution in [0.1, 0.15) is 29.6 Å². The van der Waals surface area contributed by atoms with Gasteiger partial charge in [0.25, 0.3) is 5.91 Å². The van der Waals surface area contributed by atoms with Crippen molar-refractivity contribution in [3.63, 3.8) is 0 Å². The van der Waals surface area contributed by atoms with Gasteiger partial charge in [-0.3, -0.25) is 9.69 Å². The summed E-state index contributed by atoms with van der Waals surface area (Å²) in [6.07, 6.45) is 3.56. The van der Waals surface area contributed by atoms with Crippen molar-refractivity contribution in [2.75, 3.05) is 20.1 Å². The van der Waals surface area contributed by atoms with Crippen LogP contribution < -0.4 is 0 Å². The van der Waals surface area contributed by atoms with E-state index < -0.39 is 0 Å². The number of halogens is 2. The summed E-state index contributed by atoms with van der Waals surface area (Å²) in [5.41, 5.74) is 0.704. The van der Waals surface area contributed by atoms with Crippen LogP contribution in [-0.2, 0) is 0 Å². The number of likely N-dealkylation sites (N-methyl/N-ethyl adjacent to an activating group) is 1. The maximum atomic E-state index is 12.6. The van der Waals surface area contributed by atoms with Crippen LogP contribution in [0.4, 0.5) is 0 Å². The highest BCUT2D eigenvalue weighted by Gasteiger charge is 2.36. The Morgan fingerprint density at radius 3 is 2.80 bits per heavy atom. The smallest absolute Gasteiger partial charge is 0.253 e. The normalized spacial score (nSPS) is 26.6. The number of fused-ring (bicyclic) bond motifs is 2. The Labute approximate surface area is 138 Å². The fourth-order valence-corrected chi connectivity index (χ4v) is 3.82. The summed E-state index contributed by atoms with van der Waals surface area (Å²) in [6, 6.07) is 6.75. The Balaban J connectivity index is 1.78. The van der Waals surface area contributed by atoms with Crippen LogP contribution >= 0.6 is 34.2 Å². The van der Waals surface area contributed by atoms with Crippen LogP contribution in [0.5, 0.6) is 0 Å². The van der Waals surface area contributed by atoms with Gasteiger partial charge in [-0.05, 0) is 67.1 Å². The Morgan fingerprint density at radius 1 is 1.30 bits per heavy atom. The monoisotopic (exact) mass is 404 g/mol. The molecule has 2 atom stereocenters. The minimum atomic E-state index is 0.115. The van der Waals surface area contributed by atoms with Crippen molar-refractivity contribution in [2.45, 2.75) is 31.3 Å². The van der Waals surface area contributed by atoms with E-state index in [1.54, 1.807) is 6.07 Å². The molecule has 0 saturated carbocycles. The van der Waals surface area contributed by atoms with Crippen LogP contribution in [0.15, 0.2) is 18.2 Å². The second-order valence-corrected chi connectivity index (χ2v) is 7.29. The van der Waals surface area contributed by atoms with Gasteiger partial charge in [0.05, 0.1) is 5.02 Å². The van der Waals surface area contributed by atoms with Crippen molar-refractivity contribution < 1.29 is 4.79 Å². The van der Waals surface area contributed by atoms with Gasteiger partial charge in [0.1, 0.15) is 0 Å². The van der Waals surface area contributed by atoms with Gasteiger partial charge < -0.3 is 4.90 Å². The molecule has 108 valence electrons. The summed E-state index contributed by atoms with van der Waals surface area (Å²) in [7, 11) is 2.19. The van der Waals surface area contributed by atoms with Crippen LogP contribution in [0, 0.1) is 3.57 Å². The average Bonchev–Trinajstić information content (AvgIpc) is 2.66. The molecule has 2 aliphatic rings. The van der Waals surface area contributed by atoms with E-state index >= 15 is 0 Å². The third-order valence-electron chi connectivity index (χ3n) is 4.60.